The molecular weight excluding hydrogens is 760 g/mol. The molecule has 0 spiro atoms. The molecule has 3 aliphatic heterocycles. The third-order valence-electron chi connectivity index (χ3n) is 10.6. The first-order valence-electron chi connectivity index (χ1n) is 18.4. The van der Waals surface area contributed by atoms with Crippen molar-refractivity contribution in [3.05, 3.63) is 94.7 Å². The van der Waals surface area contributed by atoms with Crippen molar-refractivity contribution in [2.24, 2.45) is 7.05 Å². The number of halogens is 1. The lowest BCUT2D eigenvalue weighted by molar-refractivity contribution is -0.135. The fourth-order valence-electron chi connectivity index (χ4n) is 7.85. The molecule has 8 rings (SSSR count). The van der Waals surface area contributed by atoms with Crippen molar-refractivity contribution in [2.45, 2.75) is 38.5 Å². The maximum atomic E-state index is 16.2. The Kier molecular flexibility index (Phi) is 9.69. The van der Waals surface area contributed by atoms with Gasteiger partial charge in [0.2, 0.25) is 17.7 Å². The first-order valence-corrected chi connectivity index (χ1v) is 19.8. The Balaban J connectivity index is 0.962. The fourth-order valence-corrected chi connectivity index (χ4v) is 9.01. The smallest absolute Gasteiger partial charge is 0.329 e. The third kappa shape index (κ3) is 7.17. The number of nitrogens with one attached hydrogen (secondary N) is 3. The monoisotopic (exact) mass is 798 g/mol. The normalized spacial score (nSPS) is 19.9. The van der Waals surface area contributed by atoms with Crippen LogP contribution in [0, 0.1) is 5.82 Å². The fraction of sp³-hybridized carbons (Fsp3) is 0.308. The quantitative estimate of drug-likeness (QED) is 0.187. The van der Waals surface area contributed by atoms with E-state index in [1.165, 1.54) is 27.3 Å². The van der Waals surface area contributed by atoms with Gasteiger partial charge in [-0.15, -0.1) is 0 Å². The molecule has 3 aliphatic rings. The third-order valence-corrected chi connectivity index (χ3v) is 12.0. The first-order chi connectivity index (χ1) is 27.3. The molecule has 4 heterocycles. The van der Waals surface area contributed by atoms with E-state index in [2.05, 4.69) is 15.5 Å². The van der Waals surface area contributed by atoms with Crippen LogP contribution in [-0.4, -0.2) is 84.8 Å². The number of carbonyl (C=O) groups excluding carboxylic acids is 4. The predicted molar refractivity (Wildman–Crippen MR) is 210 cm³/mol. The van der Waals surface area contributed by atoms with Crippen molar-refractivity contribution in [1.29, 1.82) is 0 Å². The highest BCUT2D eigenvalue weighted by Gasteiger charge is 2.38. The largest absolute Gasteiger partial charge is 0.487 e. The molecule has 0 radical (unpaired) electrons. The summed E-state index contributed by atoms with van der Waals surface area (Å²) in [6.07, 6.45) is 0.405. The van der Waals surface area contributed by atoms with E-state index in [4.69, 9.17) is 4.74 Å². The summed E-state index contributed by atoms with van der Waals surface area (Å²) in [6, 6.07) is 20.0. The first kappa shape index (κ1) is 37.6. The number of carbonyl (C=O) groups is 4. The molecule has 0 bridgehead atoms. The van der Waals surface area contributed by atoms with Crippen LogP contribution in [-0.2, 0) is 43.0 Å². The molecule has 1 unspecified atom stereocenters. The average Bonchev–Trinajstić information content (AvgIpc) is 3.58. The number of anilines is 3. The Morgan fingerprint density at radius 3 is 2.47 bits per heavy atom. The highest BCUT2D eigenvalue weighted by atomic mass is 32.2. The highest BCUT2D eigenvalue weighted by molar-refractivity contribution is 7.92. The lowest BCUT2D eigenvalue weighted by Crippen LogP contribution is -2.53. The molecule has 0 aliphatic carbocycles. The van der Waals surface area contributed by atoms with Crippen LogP contribution < -0.4 is 35.0 Å². The van der Waals surface area contributed by atoms with Gasteiger partial charge in [0.15, 0.2) is 5.82 Å². The van der Waals surface area contributed by atoms with E-state index in [0.717, 1.165) is 11.3 Å². The number of fused-ring (bicyclic) bond motifs is 2. The van der Waals surface area contributed by atoms with Crippen LogP contribution in [0.2, 0.25) is 0 Å². The number of nitrogens with zero attached hydrogens (tertiary/aromatic N) is 5. The van der Waals surface area contributed by atoms with Crippen molar-refractivity contribution < 1.29 is 36.7 Å². The van der Waals surface area contributed by atoms with Crippen molar-refractivity contribution in [3.8, 4) is 5.75 Å². The van der Waals surface area contributed by atoms with Crippen molar-refractivity contribution in [1.82, 2.24) is 24.1 Å². The summed E-state index contributed by atoms with van der Waals surface area (Å²) in [4.78, 5) is 67.2. The molecule has 16 nitrogen and oxygen atoms in total. The number of piperidine rings is 1. The summed E-state index contributed by atoms with van der Waals surface area (Å²) in [7, 11) is -2.70. The number of aromatic nitrogens is 2. The number of imide groups is 1. The molecule has 4 amide bonds. The lowest BCUT2D eigenvalue weighted by Gasteiger charge is -2.41. The Morgan fingerprint density at radius 1 is 0.965 bits per heavy atom. The van der Waals surface area contributed by atoms with Crippen LogP contribution in [0.15, 0.2) is 77.6 Å². The van der Waals surface area contributed by atoms with Gasteiger partial charge in [0.05, 0.1) is 17.6 Å². The molecular formula is C39H39FN8O8S. The number of amides is 4. The number of piperazine rings is 1. The minimum atomic E-state index is -4.35. The van der Waals surface area contributed by atoms with E-state index in [0.29, 0.717) is 46.0 Å². The lowest BCUT2D eigenvalue weighted by atomic mass is 10.1. The van der Waals surface area contributed by atoms with Gasteiger partial charge in [-0.2, -0.15) is 8.42 Å². The van der Waals surface area contributed by atoms with Crippen LogP contribution in [0.25, 0.3) is 21.8 Å². The standard InChI is InChI=1S/C39H39FN8O8S/c1-23-19-45(14-15-46(23)27-9-11-29-31(18-27)44(2)39(53)48(29)30-12-13-33(49)42-38(30)52)20-34(50)41-26-8-10-28-25(16-26)17-32(56-22-24-6-4-3-5-7-24)37(36(28)40)47-21-35(51)43-57(47,54)55/h3-11,16-18,23,30H,12-15,19-22H2,1-2H3,(H,41,50)(H,43,51)(H,42,49,52)/t23-,30?/m0/s1. The molecule has 18 heteroatoms. The van der Waals surface area contributed by atoms with Gasteiger partial charge in [-0.1, -0.05) is 30.3 Å². The van der Waals surface area contributed by atoms with Crippen LogP contribution in [0.3, 0.4) is 0 Å². The number of aryl methyl sites for hydroxylation is 1. The average molecular weight is 799 g/mol. The van der Waals surface area contributed by atoms with Crippen molar-refractivity contribution >= 4 is 72.7 Å². The number of hydrogen-bond donors (Lipinski definition) is 3. The molecule has 5 aromatic rings. The van der Waals surface area contributed by atoms with Crippen LogP contribution in [0.1, 0.15) is 31.4 Å². The zero-order valence-electron chi connectivity index (χ0n) is 31.0. The Bertz CT molecular complexity index is 2650. The second-order valence-electron chi connectivity index (χ2n) is 14.5. The van der Waals surface area contributed by atoms with Crippen LogP contribution >= 0.6 is 0 Å². The van der Waals surface area contributed by atoms with E-state index in [-0.39, 0.29) is 60.7 Å². The minimum absolute atomic E-state index is 0.00250. The second kappa shape index (κ2) is 14.7. The number of imidazole rings is 1. The van der Waals surface area contributed by atoms with Gasteiger partial charge < -0.3 is 15.0 Å². The number of ether oxygens (including phenoxy) is 1. The van der Waals surface area contributed by atoms with Gasteiger partial charge in [0, 0.05) is 55.9 Å². The molecule has 3 fully saturated rings. The molecule has 2 atom stereocenters. The maximum Gasteiger partial charge on any atom is 0.329 e. The molecule has 3 N–H and O–H groups in total. The van der Waals surface area contributed by atoms with Gasteiger partial charge in [-0.05, 0) is 66.8 Å². The van der Waals surface area contributed by atoms with Crippen LogP contribution in [0.5, 0.6) is 5.75 Å². The minimum Gasteiger partial charge on any atom is -0.487 e. The molecule has 1 aromatic heterocycles. The zero-order chi connectivity index (χ0) is 40.2. The maximum absolute atomic E-state index is 16.2. The van der Waals surface area contributed by atoms with E-state index in [1.807, 2.05) is 52.9 Å². The summed E-state index contributed by atoms with van der Waals surface area (Å²) >= 11 is 0. The van der Waals surface area contributed by atoms with Crippen LogP contribution in [0.4, 0.5) is 21.5 Å². The van der Waals surface area contributed by atoms with Gasteiger partial charge in [0.25, 0.3) is 5.91 Å². The Morgan fingerprint density at radius 2 is 1.75 bits per heavy atom. The molecule has 4 aromatic carbocycles. The van der Waals surface area contributed by atoms with E-state index < -0.39 is 46.1 Å². The summed E-state index contributed by atoms with van der Waals surface area (Å²) in [5.74, 6) is -2.91. The summed E-state index contributed by atoms with van der Waals surface area (Å²) in [6.45, 7) is 3.25. The SMILES string of the molecule is C[C@H]1CN(CC(=O)Nc2ccc3c(F)c(N4CC(=O)NS4(=O)=O)c(OCc4ccccc4)cc3c2)CCN1c1ccc2c(c1)n(C)c(=O)n2C1CCC(=O)NC1=O. The van der Waals surface area contributed by atoms with E-state index >= 15 is 4.39 Å². The molecule has 3 saturated heterocycles. The predicted octanol–water partition coefficient (Wildman–Crippen LogP) is 2.52. The van der Waals surface area contributed by atoms with E-state index in [9.17, 15) is 32.4 Å². The van der Waals surface area contributed by atoms with Crippen molar-refractivity contribution in [3.63, 3.8) is 0 Å². The molecule has 57 heavy (non-hydrogen) atoms. The number of rotatable bonds is 9. The second-order valence-corrected chi connectivity index (χ2v) is 16.1. The summed E-state index contributed by atoms with van der Waals surface area (Å²) in [5.41, 5.74) is 2.57. The number of benzene rings is 4. The Hall–Kier alpha value is -6.27. The van der Waals surface area contributed by atoms with Gasteiger partial charge in [-0.3, -0.25) is 38.5 Å². The zero-order valence-corrected chi connectivity index (χ0v) is 31.8. The van der Waals surface area contributed by atoms with Gasteiger partial charge in [0.1, 0.15) is 30.6 Å². The number of hydrogen-bond acceptors (Lipinski definition) is 10. The van der Waals surface area contributed by atoms with E-state index in [1.54, 1.807) is 25.2 Å². The highest BCUT2D eigenvalue weighted by Crippen LogP contribution is 2.40. The van der Waals surface area contributed by atoms with Gasteiger partial charge >= 0.3 is 15.9 Å². The molecule has 0 saturated carbocycles. The van der Waals surface area contributed by atoms with Gasteiger partial charge in [-0.25, -0.2) is 18.2 Å². The van der Waals surface area contributed by atoms with Crippen molar-refractivity contribution in [2.75, 3.05) is 47.2 Å². The summed E-state index contributed by atoms with van der Waals surface area (Å²) in [5, 5.41) is 5.63. The topological polar surface area (TPSA) is 184 Å². The summed E-state index contributed by atoms with van der Waals surface area (Å²) < 4.78 is 53.2. The molecule has 296 valence electrons. The Labute approximate surface area is 325 Å².